The van der Waals surface area contributed by atoms with Crippen LogP contribution in [-0.4, -0.2) is 0 Å². The summed E-state index contributed by atoms with van der Waals surface area (Å²) in [4.78, 5) is 0. The fraction of sp³-hybridized carbons (Fsp3) is 0.846. The Bertz CT molecular complexity index is 149. The summed E-state index contributed by atoms with van der Waals surface area (Å²) in [6.07, 6.45) is 1.20. The topological polar surface area (TPSA) is 0 Å². The number of hydrogen-bond donors (Lipinski definition) is 0. The van der Waals surface area contributed by atoms with E-state index in [1.807, 2.05) is 13.8 Å². The van der Waals surface area contributed by atoms with Crippen LogP contribution in [0.3, 0.4) is 0 Å². The first-order valence-corrected chi connectivity index (χ1v) is 5.41. The molecule has 0 aliphatic carbocycles. The van der Waals surface area contributed by atoms with E-state index >= 15 is 0 Å². The summed E-state index contributed by atoms with van der Waals surface area (Å²) in [6, 6.07) is 0. The third-order valence-electron chi connectivity index (χ3n) is 3.64. The average molecular weight is 184 g/mol. The monoisotopic (exact) mass is 184 g/mol. The fourth-order valence-electron chi connectivity index (χ4n) is 1.02. The highest BCUT2D eigenvalue weighted by Crippen LogP contribution is 2.45. The molecule has 0 N–H and O–H groups in total. The van der Waals surface area contributed by atoms with Gasteiger partial charge in [-0.3, -0.25) is 0 Å². The molecule has 0 aromatic carbocycles. The summed E-state index contributed by atoms with van der Waals surface area (Å²) < 4.78 is 0. The van der Waals surface area contributed by atoms with Gasteiger partial charge in [0.15, 0.2) is 0 Å². The molecule has 0 amide bonds. The lowest BCUT2D eigenvalue weighted by molar-refractivity contribution is 0.146. The van der Waals surface area contributed by atoms with Crippen molar-refractivity contribution in [2.24, 2.45) is 10.8 Å². The van der Waals surface area contributed by atoms with E-state index in [-0.39, 0.29) is 5.41 Å². The first-order valence-electron chi connectivity index (χ1n) is 5.41. The van der Waals surface area contributed by atoms with E-state index in [2.05, 4.69) is 48.1 Å². The molecule has 0 aromatic rings. The Hall–Kier alpha value is -0.260. The summed E-state index contributed by atoms with van der Waals surface area (Å²) in [5.74, 6) is 0. The highest BCUT2D eigenvalue weighted by atomic mass is 14.4. The summed E-state index contributed by atoms with van der Waals surface area (Å²) in [7, 11) is 0. The molecular formula is C13H28. The van der Waals surface area contributed by atoms with Gasteiger partial charge in [0.2, 0.25) is 0 Å². The first-order chi connectivity index (χ1) is 5.75. The number of rotatable bonds is 3. The molecule has 80 valence electrons. The van der Waals surface area contributed by atoms with E-state index in [0.29, 0.717) is 5.41 Å². The summed E-state index contributed by atoms with van der Waals surface area (Å²) >= 11 is 0. The zero-order chi connectivity index (χ0) is 11.3. The van der Waals surface area contributed by atoms with Crippen molar-refractivity contribution in [2.75, 3.05) is 0 Å². The predicted molar refractivity (Wildman–Crippen MR) is 64.0 cm³/mol. The van der Waals surface area contributed by atoms with Crippen molar-refractivity contribution in [3.8, 4) is 0 Å². The molecule has 0 aliphatic heterocycles. The van der Waals surface area contributed by atoms with Crippen molar-refractivity contribution in [2.45, 2.75) is 61.8 Å². The van der Waals surface area contributed by atoms with Gasteiger partial charge < -0.3 is 0 Å². The fourth-order valence-corrected chi connectivity index (χ4v) is 1.02. The lowest BCUT2D eigenvalue weighted by Crippen LogP contribution is -2.32. The molecule has 0 fully saturated rings. The van der Waals surface area contributed by atoms with Gasteiger partial charge in [-0.05, 0) is 17.8 Å². The van der Waals surface area contributed by atoms with E-state index in [0.717, 1.165) is 0 Å². The van der Waals surface area contributed by atoms with Crippen molar-refractivity contribution in [3.05, 3.63) is 12.2 Å². The normalized spacial score (nSPS) is 11.7. The Kier molecular flexibility index (Phi) is 6.40. The van der Waals surface area contributed by atoms with Crippen LogP contribution in [0.2, 0.25) is 0 Å². The molecule has 0 saturated carbocycles. The zero-order valence-electron chi connectivity index (χ0n) is 10.9. The summed E-state index contributed by atoms with van der Waals surface area (Å²) in [6.45, 7) is 21.6. The zero-order valence-corrected chi connectivity index (χ0v) is 10.9. The van der Waals surface area contributed by atoms with Gasteiger partial charge in [0.1, 0.15) is 0 Å². The van der Waals surface area contributed by atoms with E-state index < -0.39 is 0 Å². The van der Waals surface area contributed by atoms with Crippen molar-refractivity contribution < 1.29 is 0 Å². The molecule has 0 spiro atoms. The lowest BCUT2D eigenvalue weighted by Gasteiger charge is -2.42. The smallest absolute Gasteiger partial charge is 0.00991 e. The molecule has 0 rings (SSSR count). The molecule has 0 heterocycles. The quantitative estimate of drug-likeness (QED) is 0.538. The minimum absolute atomic E-state index is 0.252. The molecule has 0 radical (unpaired) electrons. The second-order valence-electron chi connectivity index (χ2n) is 4.64. The van der Waals surface area contributed by atoms with E-state index in [1.165, 1.54) is 12.0 Å². The van der Waals surface area contributed by atoms with Crippen LogP contribution in [0, 0.1) is 10.8 Å². The van der Waals surface area contributed by atoms with Gasteiger partial charge in [-0.15, -0.1) is 0 Å². The maximum Gasteiger partial charge on any atom is -0.00991 e. The van der Waals surface area contributed by atoms with Crippen LogP contribution in [-0.2, 0) is 0 Å². The molecule has 0 saturated heterocycles. The van der Waals surface area contributed by atoms with Gasteiger partial charge in [-0.1, -0.05) is 67.0 Å². The lowest BCUT2D eigenvalue weighted by atomic mass is 9.63. The highest BCUT2D eigenvalue weighted by molar-refractivity contribution is 5.08. The highest BCUT2D eigenvalue weighted by Gasteiger charge is 2.35. The van der Waals surface area contributed by atoms with Crippen LogP contribution in [0.1, 0.15) is 61.8 Å². The Balaban J connectivity index is 0. The second-order valence-corrected chi connectivity index (χ2v) is 4.64. The molecule has 0 heteroatoms. The molecule has 0 aromatic heterocycles. The third-order valence-corrected chi connectivity index (χ3v) is 3.64. The molecule has 0 bridgehead atoms. The van der Waals surface area contributed by atoms with Gasteiger partial charge in [0.25, 0.3) is 0 Å². The van der Waals surface area contributed by atoms with E-state index in [1.54, 1.807) is 0 Å². The minimum atomic E-state index is 0.252. The predicted octanol–water partition coefficient (Wildman–Crippen LogP) is 5.05. The van der Waals surface area contributed by atoms with E-state index in [4.69, 9.17) is 0 Å². The maximum absolute atomic E-state index is 4.04. The summed E-state index contributed by atoms with van der Waals surface area (Å²) in [5, 5.41) is 0. The third kappa shape index (κ3) is 3.54. The van der Waals surface area contributed by atoms with Gasteiger partial charge in [0, 0.05) is 0 Å². The molecule has 0 unspecified atom stereocenters. The standard InChI is InChI=1S/C11H22.C2H6/c1-8-10(4,5)11(6,7)9(2)3;1-2/h2,8H2,1,3-7H3;1-2H3. The van der Waals surface area contributed by atoms with E-state index in [9.17, 15) is 0 Å². The van der Waals surface area contributed by atoms with Gasteiger partial charge >= 0.3 is 0 Å². The van der Waals surface area contributed by atoms with Crippen LogP contribution in [0.25, 0.3) is 0 Å². The number of allylic oxidation sites excluding steroid dienone is 1. The first kappa shape index (κ1) is 15.2. The van der Waals surface area contributed by atoms with Gasteiger partial charge in [-0.2, -0.15) is 0 Å². The van der Waals surface area contributed by atoms with Crippen LogP contribution in [0.5, 0.6) is 0 Å². The van der Waals surface area contributed by atoms with Gasteiger partial charge in [-0.25, -0.2) is 0 Å². The minimum Gasteiger partial charge on any atom is -0.0996 e. The molecule has 13 heavy (non-hydrogen) atoms. The Labute approximate surface area is 85.4 Å². The molecule has 0 aliphatic rings. The van der Waals surface area contributed by atoms with Crippen molar-refractivity contribution >= 4 is 0 Å². The van der Waals surface area contributed by atoms with Crippen LogP contribution < -0.4 is 0 Å². The SMILES string of the molecule is C=C(C)C(C)(C)C(C)(C)CC.CC. The second kappa shape index (κ2) is 5.47. The molecule has 0 nitrogen and oxygen atoms in total. The molecule has 0 atom stereocenters. The van der Waals surface area contributed by atoms with Crippen molar-refractivity contribution in [3.63, 3.8) is 0 Å². The Morgan fingerprint density at radius 2 is 1.38 bits per heavy atom. The molecular weight excluding hydrogens is 156 g/mol. The average Bonchev–Trinajstić information content (AvgIpc) is 2.07. The van der Waals surface area contributed by atoms with Crippen LogP contribution >= 0.6 is 0 Å². The maximum atomic E-state index is 4.04. The van der Waals surface area contributed by atoms with Crippen molar-refractivity contribution in [1.82, 2.24) is 0 Å². The van der Waals surface area contributed by atoms with Crippen LogP contribution in [0.4, 0.5) is 0 Å². The van der Waals surface area contributed by atoms with Crippen LogP contribution in [0.15, 0.2) is 12.2 Å². The Morgan fingerprint density at radius 3 is 1.46 bits per heavy atom. The largest absolute Gasteiger partial charge is 0.0996 e. The summed E-state index contributed by atoms with van der Waals surface area (Å²) in [5.41, 5.74) is 1.89. The Morgan fingerprint density at radius 1 is 1.08 bits per heavy atom. The number of hydrogen-bond acceptors (Lipinski definition) is 0. The van der Waals surface area contributed by atoms with Gasteiger partial charge in [0.05, 0.1) is 0 Å². The van der Waals surface area contributed by atoms with Crippen molar-refractivity contribution in [1.29, 1.82) is 0 Å².